The van der Waals surface area contributed by atoms with Crippen LogP contribution in [0.2, 0.25) is 0 Å². The topological polar surface area (TPSA) is 66.9 Å². The second-order valence-corrected chi connectivity index (χ2v) is 12.1. The van der Waals surface area contributed by atoms with E-state index in [1.54, 1.807) is 0 Å². The van der Waals surface area contributed by atoms with Gasteiger partial charge >= 0.3 is 6.09 Å². The van der Waals surface area contributed by atoms with Crippen molar-refractivity contribution < 1.29 is 22.3 Å². The molecule has 32 heavy (non-hydrogen) atoms. The van der Waals surface area contributed by atoms with Crippen LogP contribution in [0.15, 0.2) is 29.2 Å². The molecule has 2 aliphatic heterocycles. The van der Waals surface area contributed by atoms with E-state index in [1.807, 2.05) is 25.7 Å². The Kier molecular flexibility index (Phi) is 8.20. The molecule has 3 rings (SSSR count). The Morgan fingerprint density at radius 1 is 0.969 bits per heavy atom. The standard InChI is InChI=1S/C24H37FN2O4S/c1-24(2,3)31-23(28)26-15-11-19(12-16-26)5-4-6-20-13-17-27(18-14-20)32(29,30)22-9-7-21(25)8-10-22/h7-10,19-20H,4-6,11-18H2,1-3H3. The molecule has 1 aromatic rings. The number of sulfonamides is 1. The van der Waals surface area contributed by atoms with Gasteiger partial charge in [0.05, 0.1) is 4.90 Å². The number of likely N-dealkylation sites (tertiary alicyclic amines) is 1. The minimum absolute atomic E-state index is 0.162. The summed E-state index contributed by atoms with van der Waals surface area (Å²) in [6.45, 7) is 8.25. The van der Waals surface area contributed by atoms with Crippen LogP contribution in [0.3, 0.4) is 0 Å². The highest BCUT2D eigenvalue weighted by atomic mass is 32.2. The Hall–Kier alpha value is -1.67. The van der Waals surface area contributed by atoms with Crippen molar-refractivity contribution in [3.63, 3.8) is 0 Å². The first-order valence-corrected chi connectivity index (χ1v) is 13.2. The number of hydrogen-bond acceptors (Lipinski definition) is 4. The first-order valence-electron chi connectivity index (χ1n) is 11.8. The summed E-state index contributed by atoms with van der Waals surface area (Å²) in [5.41, 5.74) is -0.456. The molecule has 180 valence electrons. The van der Waals surface area contributed by atoms with Crippen molar-refractivity contribution >= 4 is 16.1 Å². The average molecular weight is 469 g/mol. The molecule has 0 aromatic heterocycles. The molecular weight excluding hydrogens is 431 g/mol. The van der Waals surface area contributed by atoms with Gasteiger partial charge in [-0.2, -0.15) is 4.31 Å². The van der Waals surface area contributed by atoms with Crippen molar-refractivity contribution in [2.24, 2.45) is 11.8 Å². The van der Waals surface area contributed by atoms with E-state index in [2.05, 4.69) is 0 Å². The molecule has 0 radical (unpaired) electrons. The average Bonchev–Trinajstić information content (AvgIpc) is 2.74. The molecule has 2 saturated heterocycles. The fraction of sp³-hybridized carbons (Fsp3) is 0.708. The highest BCUT2D eigenvalue weighted by Gasteiger charge is 2.30. The highest BCUT2D eigenvalue weighted by molar-refractivity contribution is 7.89. The smallest absolute Gasteiger partial charge is 0.410 e. The maximum Gasteiger partial charge on any atom is 0.410 e. The summed E-state index contributed by atoms with van der Waals surface area (Å²) in [5, 5.41) is 0. The van der Waals surface area contributed by atoms with Crippen LogP contribution in [0.4, 0.5) is 9.18 Å². The van der Waals surface area contributed by atoms with Gasteiger partial charge in [-0.15, -0.1) is 0 Å². The summed E-state index contributed by atoms with van der Waals surface area (Å²) in [7, 11) is -3.54. The van der Waals surface area contributed by atoms with Crippen LogP contribution >= 0.6 is 0 Å². The third kappa shape index (κ3) is 6.91. The molecule has 2 fully saturated rings. The lowest BCUT2D eigenvalue weighted by atomic mass is 9.87. The Bertz CT molecular complexity index is 851. The number of benzene rings is 1. The monoisotopic (exact) mass is 468 g/mol. The Labute approximate surface area is 192 Å². The van der Waals surface area contributed by atoms with Gasteiger partial charge in [0.15, 0.2) is 0 Å². The number of amides is 1. The Morgan fingerprint density at radius 3 is 1.97 bits per heavy atom. The molecule has 0 unspecified atom stereocenters. The summed E-state index contributed by atoms with van der Waals surface area (Å²) in [6, 6.07) is 5.06. The lowest BCUT2D eigenvalue weighted by Crippen LogP contribution is -2.41. The number of carbonyl (C=O) groups is 1. The summed E-state index contributed by atoms with van der Waals surface area (Å²) in [5.74, 6) is 0.766. The van der Waals surface area contributed by atoms with Crippen molar-refractivity contribution in [2.45, 2.75) is 76.2 Å². The lowest BCUT2D eigenvalue weighted by molar-refractivity contribution is 0.0180. The van der Waals surface area contributed by atoms with Crippen LogP contribution in [0.5, 0.6) is 0 Å². The maximum atomic E-state index is 13.1. The van der Waals surface area contributed by atoms with Gasteiger partial charge in [0.25, 0.3) is 0 Å². The van der Waals surface area contributed by atoms with Crippen molar-refractivity contribution in [1.82, 2.24) is 9.21 Å². The van der Waals surface area contributed by atoms with Crippen LogP contribution in [-0.4, -0.2) is 55.5 Å². The highest BCUT2D eigenvalue weighted by Crippen LogP contribution is 2.29. The second kappa shape index (κ2) is 10.5. The number of halogens is 1. The van der Waals surface area contributed by atoms with Gasteiger partial charge < -0.3 is 9.64 Å². The number of nitrogens with zero attached hydrogens (tertiary/aromatic N) is 2. The SMILES string of the molecule is CC(C)(C)OC(=O)N1CCC(CCCC2CCN(S(=O)(=O)c3ccc(F)cc3)CC2)CC1. The third-order valence-corrected chi connectivity index (χ3v) is 8.43. The van der Waals surface area contributed by atoms with Crippen LogP contribution in [0.25, 0.3) is 0 Å². The normalized spacial score (nSPS) is 19.8. The summed E-state index contributed by atoms with van der Waals surface area (Å²) in [4.78, 5) is 14.2. The first-order chi connectivity index (χ1) is 15.0. The van der Waals surface area contributed by atoms with E-state index in [0.717, 1.165) is 58.0 Å². The van der Waals surface area contributed by atoms with Crippen molar-refractivity contribution in [3.8, 4) is 0 Å². The molecule has 0 bridgehead atoms. The van der Waals surface area contributed by atoms with E-state index >= 15 is 0 Å². The number of rotatable bonds is 6. The molecular formula is C24H37FN2O4S. The minimum atomic E-state index is -3.54. The molecule has 2 aliphatic rings. The zero-order valence-electron chi connectivity index (χ0n) is 19.6. The second-order valence-electron chi connectivity index (χ2n) is 10.1. The summed E-state index contributed by atoms with van der Waals surface area (Å²) >= 11 is 0. The first kappa shape index (κ1) is 25.0. The largest absolute Gasteiger partial charge is 0.444 e. The number of ether oxygens (including phenoxy) is 1. The van der Waals surface area contributed by atoms with Gasteiger partial charge in [-0.3, -0.25) is 0 Å². The zero-order valence-corrected chi connectivity index (χ0v) is 20.4. The third-order valence-electron chi connectivity index (χ3n) is 6.52. The maximum absolute atomic E-state index is 13.1. The predicted molar refractivity (Wildman–Crippen MR) is 122 cm³/mol. The summed E-state index contributed by atoms with van der Waals surface area (Å²) < 4.78 is 45.6. The molecule has 6 nitrogen and oxygen atoms in total. The fourth-order valence-electron chi connectivity index (χ4n) is 4.62. The molecule has 0 spiro atoms. The molecule has 1 aromatic carbocycles. The van der Waals surface area contributed by atoms with Gasteiger partial charge in [-0.25, -0.2) is 17.6 Å². The van der Waals surface area contributed by atoms with E-state index < -0.39 is 21.4 Å². The zero-order chi connectivity index (χ0) is 23.4. The molecule has 8 heteroatoms. The minimum Gasteiger partial charge on any atom is -0.444 e. The quantitative estimate of drug-likeness (QED) is 0.586. The van der Waals surface area contributed by atoms with E-state index in [0.29, 0.717) is 24.9 Å². The lowest BCUT2D eigenvalue weighted by Gasteiger charge is -2.34. The molecule has 0 saturated carbocycles. The van der Waals surface area contributed by atoms with Crippen molar-refractivity contribution in [1.29, 1.82) is 0 Å². The van der Waals surface area contributed by atoms with Crippen LogP contribution in [0, 0.1) is 17.7 Å². The van der Waals surface area contributed by atoms with E-state index in [1.165, 1.54) is 28.6 Å². The number of piperidine rings is 2. The van der Waals surface area contributed by atoms with E-state index in [9.17, 15) is 17.6 Å². The van der Waals surface area contributed by atoms with E-state index in [-0.39, 0.29) is 11.0 Å². The van der Waals surface area contributed by atoms with Gasteiger partial charge in [0, 0.05) is 26.2 Å². The summed E-state index contributed by atoms with van der Waals surface area (Å²) in [6.07, 6.45) is 7.01. The van der Waals surface area contributed by atoms with Gasteiger partial charge in [-0.1, -0.05) is 19.3 Å². The molecule has 0 atom stereocenters. The van der Waals surface area contributed by atoms with Gasteiger partial charge in [0.1, 0.15) is 11.4 Å². The van der Waals surface area contributed by atoms with Crippen molar-refractivity contribution in [2.75, 3.05) is 26.2 Å². The molecule has 0 aliphatic carbocycles. The number of carbonyl (C=O) groups excluding carboxylic acids is 1. The molecule has 2 heterocycles. The Morgan fingerprint density at radius 2 is 1.47 bits per heavy atom. The van der Waals surface area contributed by atoms with Crippen LogP contribution in [0.1, 0.15) is 65.7 Å². The van der Waals surface area contributed by atoms with Crippen LogP contribution in [-0.2, 0) is 14.8 Å². The number of hydrogen-bond donors (Lipinski definition) is 0. The van der Waals surface area contributed by atoms with Crippen molar-refractivity contribution in [3.05, 3.63) is 30.1 Å². The molecule has 0 N–H and O–H groups in total. The molecule has 1 amide bonds. The van der Waals surface area contributed by atoms with Gasteiger partial charge in [-0.05, 0) is 82.6 Å². The Balaban J connectivity index is 1.35. The predicted octanol–water partition coefficient (Wildman–Crippen LogP) is 5.04. The fourth-order valence-corrected chi connectivity index (χ4v) is 6.09. The van der Waals surface area contributed by atoms with E-state index in [4.69, 9.17) is 4.74 Å². The van der Waals surface area contributed by atoms with Crippen LogP contribution < -0.4 is 0 Å². The van der Waals surface area contributed by atoms with Gasteiger partial charge in [0.2, 0.25) is 10.0 Å².